The first-order valence-corrected chi connectivity index (χ1v) is 7.27. The largest absolute Gasteiger partial charge is 0.496 e. The highest BCUT2D eigenvalue weighted by Crippen LogP contribution is 2.26. The number of ether oxygens (including phenoxy) is 1. The molecule has 1 atom stereocenters. The molecule has 1 aromatic carbocycles. The Balaban J connectivity index is 2.04. The number of nitrogens with one attached hydrogen (secondary N) is 1. The number of hydrogen-bond donors (Lipinski definition) is 2. The molecular formula is C14H15ClN2O2S. The van der Waals surface area contributed by atoms with Crippen LogP contribution in [-0.2, 0) is 11.3 Å². The predicted molar refractivity (Wildman–Crippen MR) is 81.1 cm³/mol. The number of methoxy groups -OCH3 is 1. The molecule has 1 heterocycles. The van der Waals surface area contributed by atoms with Gasteiger partial charge in [-0.15, -0.1) is 11.3 Å². The third-order valence-corrected chi connectivity index (χ3v) is 4.18. The molecule has 0 bridgehead atoms. The molecular weight excluding hydrogens is 296 g/mol. The summed E-state index contributed by atoms with van der Waals surface area (Å²) in [5.74, 6) is 0.400. The van der Waals surface area contributed by atoms with Crippen LogP contribution in [0.5, 0.6) is 5.75 Å². The zero-order valence-electron chi connectivity index (χ0n) is 10.9. The van der Waals surface area contributed by atoms with Crippen LogP contribution in [0, 0.1) is 0 Å². The maximum Gasteiger partial charge on any atom is 0.242 e. The maximum atomic E-state index is 12.0. The van der Waals surface area contributed by atoms with Crippen molar-refractivity contribution in [2.24, 2.45) is 5.73 Å². The van der Waals surface area contributed by atoms with E-state index in [4.69, 9.17) is 22.1 Å². The van der Waals surface area contributed by atoms with Crippen molar-refractivity contribution in [2.45, 2.75) is 12.6 Å². The Morgan fingerprint density at radius 2 is 2.25 bits per heavy atom. The van der Waals surface area contributed by atoms with E-state index in [0.717, 1.165) is 10.4 Å². The summed E-state index contributed by atoms with van der Waals surface area (Å²) < 4.78 is 5.23. The first kappa shape index (κ1) is 14.8. The van der Waals surface area contributed by atoms with Gasteiger partial charge in [0.2, 0.25) is 5.91 Å². The second-order valence-corrected chi connectivity index (χ2v) is 5.52. The number of halogens is 1. The summed E-state index contributed by atoms with van der Waals surface area (Å²) in [6, 6.07) is 8.39. The topological polar surface area (TPSA) is 64.3 Å². The van der Waals surface area contributed by atoms with Crippen LogP contribution in [0.4, 0.5) is 0 Å². The standard InChI is InChI=1S/C14H15ClN2O2S/c1-19-11-5-2-4-10(15)9(11)8-17-14(18)13(16)12-6-3-7-20-12/h2-7,13H,8,16H2,1H3,(H,17,18). The number of amides is 1. The average molecular weight is 311 g/mol. The van der Waals surface area contributed by atoms with Crippen molar-refractivity contribution >= 4 is 28.8 Å². The fraction of sp³-hybridized carbons (Fsp3) is 0.214. The molecule has 0 aliphatic rings. The van der Waals surface area contributed by atoms with Crippen molar-refractivity contribution in [2.75, 3.05) is 7.11 Å². The number of carbonyl (C=O) groups excluding carboxylic acids is 1. The zero-order valence-corrected chi connectivity index (χ0v) is 12.5. The van der Waals surface area contributed by atoms with E-state index in [1.54, 1.807) is 25.3 Å². The molecule has 6 heteroatoms. The summed E-state index contributed by atoms with van der Waals surface area (Å²) in [4.78, 5) is 12.8. The monoisotopic (exact) mass is 310 g/mol. The Kier molecular flexibility index (Phi) is 5.00. The van der Waals surface area contributed by atoms with Gasteiger partial charge in [-0.05, 0) is 23.6 Å². The van der Waals surface area contributed by atoms with Gasteiger partial charge in [-0.3, -0.25) is 4.79 Å². The SMILES string of the molecule is COc1cccc(Cl)c1CNC(=O)C(N)c1cccs1. The lowest BCUT2D eigenvalue weighted by atomic mass is 10.2. The summed E-state index contributed by atoms with van der Waals surface area (Å²) in [5, 5.41) is 5.22. The van der Waals surface area contributed by atoms with Crippen LogP contribution in [0.2, 0.25) is 5.02 Å². The number of thiophene rings is 1. The van der Waals surface area contributed by atoms with E-state index in [9.17, 15) is 4.79 Å². The fourth-order valence-electron chi connectivity index (χ4n) is 1.78. The molecule has 2 aromatic rings. The van der Waals surface area contributed by atoms with Gasteiger partial charge in [0.15, 0.2) is 0 Å². The molecule has 0 fully saturated rings. The first-order chi connectivity index (χ1) is 9.63. The van der Waals surface area contributed by atoms with Crippen LogP contribution in [0.3, 0.4) is 0 Å². The molecule has 0 saturated carbocycles. The molecule has 20 heavy (non-hydrogen) atoms. The van der Waals surface area contributed by atoms with Crippen molar-refractivity contribution in [3.05, 3.63) is 51.2 Å². The van der Waals surface area contributed by atoms with Crippen molar-refractivity contribution in [1.29, 1.82) is 0 Å². The molecule has 0 saturated heterocycles. The van der Waals surface area contributed by atoms with Crippen LogP contribution in [0.25, 0.3) is 0 Å². The van der Waals surface area contributed by atoms with Gasteiger partial charge in [0.25, 0.3) is 0 Å². The van der Waals surface area contributed by atoms with Crippen LogP contribution in [0.1, 0.15) is 16.5 Å². The molecule has 0 aliphatic heterocycles. The molecule has 1 aromatic heterocycles. The first-order valence-electron chi connectivity index (χ1n) is 6.01. The van der Waals surface area contributed by atoms with Gasteiger partial charge < -0.3 is 15.8 Å². The Bertz CT molecular complexity index is 587. The Morgan fingerprint density at radius 1 is 1.45 bits per heavy atom. The van der Waals surface area contributed by atoms with E-state index in [1.807, 2.05) is 17.5 Å². The van der Waals surface area contributed by atoms with Gasteiger partial charge >= 0.3 is 0 Å². The number of benzene rings is 1. The highest BCUT2D eigenvalue weighted by Gasteiger charge is 2.17. The highest BCUT2D eigenvalue weighted by atomic mass is 35.5. The van der Waals surface area contributed by atoms with Crippen molar-refractivity contribution in [1.82, 2.24) is 5.32 Å². The minimum atomic E-state index is -0.663. The van der Waals surface area contributed by atoms with E-state index in [-0.39, 0.29) is 12.5 Å². The third-order valence-electron chi connectivity index (χ3n) is 2.87. The van der Waals surface area contributed by atoms with E-state index in [2.05, 4.69) is 5.32 Å². The van der Waals surface area contributed by atoms with Crippen molar-refractivity contribution in [3.8, 4) is 5.75 Å². The van der Waals surface area contributed by atoms with Crippen LogP contribution in [0.15, 0.2) is 35.7 Å². The molecule has 106 valence electrons. The average Bonchev–Trinajstić information content (AvgIpc) is 2.98. The minimum Gasteiger partial charge on any atom is -0.496 e. The third kappa shape index (κ3) is 3.30. The summed E-state index contributed by atoms with van der Waals surface area (Å²) >= 11 is 7.57. The lowest BCUT2D eigenvalue weighted by molar-refractivity contribution is -0.122. The van der Waals surface area contributed by atoms with Crippen molar-refractivity contribution < 1.29 is 9.53 Å². The molecule has 4 nitrogen and oxygen atoms in total. The smallest absolute Gasteiger partial charge is 0.242 e. The quantitative estimate of drug-likeness (QED) is 0.892. The fourth-order valence-corrected chi connectivity index (χ4v) is 2.74. The molecule has 0 radical (unpaired) electrons. The predicted octanol–water partition coefficient (Wildman–Crippen LogP) is 2.73. The number of hydrogen-bond acceptors (Lipinski definition) is 4. The maximum absolute atomic E-state index is 12.0. The lowest BCUT2D eigenvalue weighted by Gasteiger charge is -2.13. The number of carbonyl (C=O) groups is 1. The summed E-state index contributed by atoms with van der Waals surface area (Å²) in [6.45, 7) is 0.279. The van der Waals surface area contributed by atoms with Gasteiger partial charge in [-0.2, -0.15) is 0 Å². The van der Waals surface area contributed by atoms with Crippen LogP contribution < -0.4 is 15.8 Å². The Labute approximate surface area is 126 Å². The highest BCUT2D eigenvalue weighted by molar-refractivity contribution is 7.10. The van der Waals surface area contributed by atoms with Gasteiger partial charge in [0.05, 0.1) is 7.11 Å². The number of rotatable bonds is 5. The molecule has 0 spiro atoms. The van der Waals surface area contributed by atoms with Gasteiger partial charge in [0.1, 0.15) is 11.8 Å². The summed E-state index contributed by atoms with van der Waals surface area (Å²) in [6.07, 6.45) is 0. The van der Waals surface area contributed by atoms with Gasteiger partial charge in [-0.1, -0.05) is 23.7 Å². The Morgan fingerprint density at radius 3 is 2.90 bits per heavy atom. The van der Waals surface area contributed by atoms with E-state index >= 15 is 0 Å². The molecule has 2 rings (SSSR count). The second-order valence-electron chi connectivity index (χ2n) is 4.13. The van der Waals surface area contributed by atoms with E-state index in [1.165, 1.54) is 11.3 Å². The summed E-state index contributed by atoms with van der Waals surface area (Å²) in [5.41, 5.74) is 6.63. The summed E-state index contributed by atoms with van der Waals surface area (Å²) in [7, 11) is 1.56. The van der Waals surface area contributed by atoms with E-state index < -0.39 is 6.04 Å². The molecule has 1 amide bonds. The van der Waals surface area contributed by atoms with Crippen molar-refractivity contribution in [3.63, 3.8) is 0 Å². The minimum absolute atomic E-state index is 0.241. The van der Waals surface area contributed by atoms with Crippen LogP contribution >= 0.6 is 22.9 Å². The van der Waals surface area contributed by atoms with Crippen LogP contribution in [-0.4, -0.2) is 13.0 Å². The number of nitrogens with two attached hydrogens (primary N) is 1. The van der Waals surface area contributed by atoms with E-state index in [0.29, 0.717) is 10.8 Å². The normalized spacial score (nSPS) is 11.9. The lowest BCUT2D eigenvalue weighted by Crippen LogP contribution is -2.33. The van der Waals surface area contributed by atoms with Gasteiger partial charge in [-0.25, -0.2) is 0 Å². The Hall–Kier alpha value is -1.56. The zero-order chi connectivity index (χ0) is 14.5. The molecule has 1 unspecified atom stereocenters. The van der Waals surface area contributed by atoms with Gasteiger partial charge in [0, 0.05) is 22.0 Å². The second kappa shape index (κ2) is 6.74. The molecule has 0 aliphatic carbocycles. The molecule has 3 N–H and O–H groups in total.